The molecule has 0 amide bonds. The number of ether oxygens (including phenoxy) is 1. The first-order valence-corrected chi connectivity index (χ1v) is 4.23. The molecule has 0 bridgehead atoms. The summed E-state index contributed by atoms with van der Waals surface area (Å²) in [5.74, 6) is 1.14. The Morgan fingerprint density at radius 1 is 1.46 bits per heavy atom. The second kappa shape index (κ2) is 5.31. The predicted octanol–water partition coefficient (Wildman–Crippen LogP) is 0.507. The van der Waals surface area contributed by atoms with E-state index in [4.69, 9.17) is 10.5 Å². The molecule has 0 fully saturated rings. The lowest BCUT2D eigenvalue weighted by Crippen LogP contribution is -2.10. The number of nitrogens with one attached hydrogen (secondary N) is 1. The highest BCUT2D eigenvalue weighted by Gasteiger charge is 1.92. The van der Waals surface area contributed by atoms with Crippen molar-refractivity contribution in [1.82, 2.24) is 10.2 Å². The molecular weight excluding hydrogens is 168 g/mol. The zero-order valence-electron chi connectivity index (χ0n) is 7.66. The number of rotatable bonds is 5. The van der Waals surface area contributed by atoms with E-state index in [9.17, 15) is 0 Å². The second-order valence-electron chi connectivity index (χ2n) is 2.47. The van der Waals surface area contributed by atoms with Crippen molar-refractivity contribution in [3.63, 3.8) is 0 Å². The summed E-state index contributed by atoms with van der Waals surface area (Å²) in [7, 11) is 0. The van der Waals surface area contributed by atoms with Gasteiger partial charge in [0.25, 0.3) is 0 Å². The number of nitrogen functional groups attached to an aromatic ring is 1. The van der Waals surface area contributed by atoms with E-state index in [1.165, 1.54) is 0 Å². The zero-order valence-corrected chi connectivity index (χ0v) is 7.66. The van der Waals surface area contributed by atoms with Crippen LogP contribution < -0.4 is 11.1 Å². The predicted molar refractivity (Wildman–Crippen MR) is 51.4 cm³/mol. The Morgan fingerprint density at radius 3 is 2.92 bits per heavy atom. The Labute approximate surface area is 77.3 Å². The molecule has 72 valence electrons. The molecule has 0 unspecified atom stereocenters. The SMILES string of the molecule is CCOCCNc1ccc(N)nn1. The molecule has 0 aliphatic rings. The highest BCUT2D eigenvalue weighted by Crippen LogP contribution is 2.01. The maximum Gasteiger partial charge on any atom is 0.148 e. The van der Waals surface area contributed by atoms with Gasteiger partial charge >= 0.3 is 0 Å². The summed E-state index contributed by atoms with van der Waals surface area (Å²) in [6.07, 6.45) is 0. The first kappa shape index (κ1) is 9.73. The van der Waals surface area contributed by atoms with Crippen molar-refractivity contribution in [1.29, 1.82) is 0 Å². The van der Waals surface area contributed by atoms with Crippen LogP contribution in [0.3, 0.4) is 0 Å². The fraction of sp³-hybridized carbons (Fsp3) is 0.500. The Kier molecular flexibility index (Phi) is 3.98. The van der Waals surface area contributed by atoms with Crippen molar-refractivity contribution < 1.29 is 4.74 Å². The third-order valence-electron chi connectivity index (χ3n) is 1.44. The van der Waals surface area contributed by atoms with Gasteiger partial charge in [-0.1, -0.05) is 0 Å². The van der Waals surface area contributed by atoms with Crippen LogP contribution in [0.1, 0.15) is 6.92 Å². The standard InChI is InChI=1S/C8H14N4O/c1-2-13-6-5-10-8-4-3-7(9)11-12-8/h3-4H,2,5-6H2,1H3,(H2,9,11)(H,10,12). The number of hydrogen-bond acceptors (Lipinski definition) is 5. The van der Waals surface area contributed by atoms with Gasteiger partial charge in [0.05, 0.1) is 6.61 Å². The van der Waals surface area contributed by atoms with Crippen LogP contribution in [0.5, 0.6) is 0 Å². The maximum absolute atomic E-state index is 5.38. The largest absolute Gasteiger partial charge is 0.382 e. The Morgan fingerprint density at radius 2 is 2.31 bits per heavy atom. The Hall–Kier alpha value is -1.36. The minimum absolute atomic E-state index is 0.426. The molecule has 0 saturated heterocycles. The van der Waals surface area contributed by atoms with Gasteiger partial charge in [-0.25, -0.2) is 0 Å². The third kappa shape index (κ3) is 3.71. The zero-order chi connectivity index (χ0) is 9.52. The fourth-order valence-electron chi connectivity index (χ4n) is 0.832. The highest BCUT2D eigenvalue weighted by molar-refractivity contribution is 5.38. The summed E-state index contributed by atoms with van der Waals surface area (Å²) in [5.41, 5.74) is 5.38. The van der Waals surface area contributed by atoms with Crippen molar-refractivity contribution in [2.75, 3.05) is 30.8 Å². The molecule has 13 heavy (non-hydrogen) atoms. The van der Waals surface area contributed by atoms with Crippen molar-refractivity contribution in [3.8, 4) is 0 Å². The molecule has 0 saturated carbocycles. The lowest BCUT2D eigenvalue weighted by molar-refractivity contribution is 0.158. The average Bonchev–Trinajstić information content (AvgIpc) is 2.15. The Bertz CT molecular complexity index is 236. The van der Waals surface area contributed by atoms with Crippen molar-refractivity contribution >= 4 is 11.6 Å². The van der Waals surface area contributed by atoms with E-state index in [0.717, 1.165) is 13.2 Å². The van der Waals surface area contributed by atoms with Crippen LogP contribution in [-0.4, -0.2) is 30.0 Å². The van der Waals surface area contributed by atoms with Gasteiger partial charge in [-0.15, -0.1) is 10.2 Å². The minimum Gasteiger partial charge on any atom is -0.382 e. The van der Waals surface area contributed by atoms with Gasteiger partial charge in [0, 0.05) is 13.2 Å². The van der Waals surface area contributed by atoms with Crippen LogP contribution in [0, 0.1) is 0 Å². The highest BCUT2D eigenvalue weighted by atomic mass is 16.5. The van der Waals surface area contributed by atoms with Crippen LogP contribution in [0.2, 0.25) is 0 Å². The van der Waals surface area contributed by atoms with Crippen LogP contribution in [0.4, 0.5) is 11.6 Å². The molecule has 0 spiro atoms. The van der Waals surface area contributed by atoms with Crippen molar-refractivity contribution in [2.24, 2.45) is 0 Å². The van der Waals surface area contributed by atoms with E-state index >= 15 is 0 Å². The molecule has 0 aromatic carbocycles. The van der Waals surface area contributed by atoms with E-state index in [2.05, 4.69) is 15.5 Å². The molecule has 5 heteroatoms. The summed E-state index contributed by atoms with van der Waals surface area (Å²) in [5, 5.41) is 10.6. The average molecular weight is 182 g/mol. The molecule has 0 aliphatic heterocycles. The topological polar surface area (TPSA) is 73.1 Å². The van der Waals surface area contributed by atoms with Gasteiger partial charge in [-0.05, 0) is 19.1 Å². The molecule has 0 atom stereocenters. The second-order valence-corrected chi connectivity index (χ2v) is 2.47. The third-order valence-corrected chi connectivity index (χ3v) is 1.44. The van der Waals surface area contributed by atoms with Gasteiger partial charge < -0.3 is 15.8 Å². The van der Waals surface area contributed by atoms with E-state index in [0.29, 0.717) is 18.2 Å². The Balaban J connectivity index is 2.25. The lowest BCUT2D eigenvalue weighted by Gasteiger charge is -2.04. The quantitative estimate of drug-likeness (QED) is 0.649. The van der Waals surface area contributed by atoms with Crippen molar-refractivity contribution in [2.45, 2.75) is 6.92 Å². The molecule has 1 aromatic heterocycles. The molecule has 0 radical (unpaired) electrons. The van der Waals surface area contributed by atoms with Gasteiger partial charge in [0.15, 0.2) is 0 Å². The molecule has 1 aromatic rings. The summed E-state index contributed by atoms with van der Waals surface area (Å²) < 4.78 is 5.14. The molecule has 1 rings (SSSR count). The fourth-order valence-corrected chi connectivity index (χ4v) is 0.832. The van der Waals surface area contributed by atoms with Gasteiger partial charge in [0.2, 0.25) is 0 Å². The molecule has 5 nitrogen and oxygen atoms in total. The summed E-state index contributed by atoms with van der Waals surface area (Å²) >= 11 is 0. The molecular formula is C8H14N4O. The maximum atomic E-state index is 5.38. The normalized spacial score (nSPS) is 9.92. The van der Waals surface area contributed by atoms with Crippen LogP contribution >= 0.6 is 0 Å². The van der Waals surface area contributed by atoms with Crippen LogP contribution in [-0.2, 0) is 4.74 Å². The molecule has 3 N–H and O–H groups in total. The minimum atomic E-state index is 0.426. The van der Waals surface area contributed by atoms with E-state index < -0.39 is 0 Å². The number of anilines is 2. The van der Waals surface area contributed by atoms with Gasteiger partial charge in [-0.2, -0.15) is 0 Å². The number of nitrogens with zero attached hydrogens (tertiary/aromatic N) is 2. The molecule has 0 aliphatic carbocycles. The summed E-state index contributed by atoms with van der Waals surface area (Å²) in [4.78, 5) is 0. The first-order chi connectivity index (χ1) is 6.33. The number of aromatic nitrogens is 2. The first-order valence-electron chi connectivity index (χ1n) is 4.23. The monoisotopic (exact) mass is 182 g/mol. The molecule has 1 heterocycles. The van der Waals surface area contributed by atoms with Crippen LogP contribution in [0.25, 0.3) is 0 Å². The smallest absolute Gasteiger partial charge is 0.148 e. The van der Waals surface area contributed by atoms with Gasteiger partial charge in [-0.3, -0.25) is 0 Å². The van der Waals surface area contributed by atoms with Gasteiger partial charge in [0.1, 0.15) is 11.6 Å². The van der Waals surface area contributed by atoms with Crippen LogP contribution in [0.15, 0.2) is 12.1 Å². The number of nitrogens with two attached hydrogens (primary N) is 1. The van der Waals surface area contributed by atoms with E-state index in [1.807, 2.05) is 6.92 Å². The number of hydrogen-bond donors (Lipinski definition) is 2. The van der Waals surface area contributed by atoms with E-state index in [-0.39, 0.29) is 0 Å². The summed E-state index contributed by atoms with van der Waals surface area (Å²) in [6.45, 7) is 4.09. The summed E-state index contributed by atoms with van der Waals surface area (Å²) in [6, 6.07) is 3.49. The van der Waals surface area contributed by atoms with E-state index in [1.54, 1.807) is 12.1 Å². The lowest BCUT2D eigenvalue weighted by atomic mass is 10.5. The van der Waals surface area contributed by atoms with Crippen molar-refractivity contribution in [3.05, 3.63) is 12.1 Å².